The Morgan fingerprint density at radius 3 is 2.82 bits per heavy atom. The quantitative estimate of drug-likeness (QED) is 0.148. The molecule has 2 aromatic carbocycles. The van der Waals surface area contributed by atoms with Crippen LogP contribution in [0.5, 0.6) is 11.5 Å². The van der Waals surface area contributed by atoms with Gasteiger partial charge in [-0.1, -0.05) is 36.1 Å². The van der Waals surface area contributed by atoms with Crippen LogP contribution in [0.4, 0.5) is 5.13 Å². The summed E-state index contributed by atoms with van der Waals surface area (Å²) in [5.41, 5.74) is 2.07. The van der Waals surface area contributed by atoms with Gasteiger partial charge < -0.3 is 19.3 Å². The molecule has 3 aromatic rings. The van der Waals surface area contributed by atoms with Gasteiger partial charge in [-0.25, -0.2) is 9.78 Å². The number of nitrogens with zero attached hydrogens (tertiary/aromatic N) is 2. The number of thiazole rings is 1. The maximum absolute atomic E-state index is 13.5. The summed E-state index contributed by atoms with van der Waals surface area (Å²) >= 11 is 0.940. The molecule has 9 nitrogen and oxygen atoms in total. The van der Waals surface area contributed by atoms with E-state index in [-0.39, 0.29) is 34.1 Å². The summed E-state index contributed by atoms with van der Waals surface area (Å²) in [5.74, 6) is -1.44. The van der Waals surface area contributed by atoms with Crippen molar-refractivity contribution >= 4 is 39.9 Å². The maximum Gasteiger partial charge on any atom is 0.350 e. The van der Waals surface area contributed by atoms with Crippen molar-refractivity contribution in [1.82, 2.24) is 4.98 Å². The second-order valence-electron chi connectivity index (χ2n) is 9.20. The molecule has 2 atom stereocenters. The highest BCUT2D eigenvalue weighted by atomic mass is 32.1. The highest BCUT2D eigenvalue weighted by molar-refractivity contribution is 7.17. The second-order valence-corrected chi connectivity index (χ2v) is 10.2. The van der Waals surface area contributed by atoms with E-state index in [1.54, 1.807) is 55.5 Å². The van der Waals surface area contributed by atoms with Crippen LogP contribution < -0.4 is 14.4 Å². The smallest absolute Gasteiger partial charge is 0.350 e. The van der Waals surface area contributed by atoms with Gasteiger partial charge in [0.15, 0.2) is 5.13 Å². The van der Waals surface area contributed by atoms with Crippen molar-refractivity contribution in [3.05, 3.63) is 88.0 Å². The highest BCUT2D eigenvalue weighted by Crippen LogP contribution is 2.45. The van der Waals surface area contributed by atoms with Gasteiger partial charge in [-0.05, 0) is 55.3 Å². The number of carbonyl (C=O) groups is 3. The molecule has 0 unspecified atom stereocenters. The van der Waals surface area contributed by atoms with E-state index in [0.29, 0.717) is 29.0 Å². The fourth-order valence-corrected chi connectivity index (χ4v) is 5.78. The maximum atomic E-state index is 13.5. The number of aromatic nitrogens is 1. The van der Waals surface area contributed by atoms with E-state index in [0.717, 1.165) is 22.6 Å². The van der Waals surface area contributed by atoms with Gasteiger partial charge in [0.25, 0.3) is 5.78 Å². The van der Waals surface area contributed by atoms with E-state index < -0.39 is 23.7 Å². The number of aliphatic hydroxyl groups is 1. The minimum Gasteiger partial charge on any atom is -0.507 e. The highest BCUT2D eigenvalue weighted by Gasteiger charge is 2.48. The van der Waals surface area contributed by atoms with Crippen LogP contribution in [0.2, 0.25) is 0 Å². The van der Waals surface area contributed by atoms with Crippen molar-refractivity contribution in [2.75, 3.05) is 18.6 Å². The van der Waals surface area contributed by atoms with E-state index in [4.69, 9.17) is 14.2 Å². The Bertz CT molecular complexity index is 1540. The summed E-state index contributed by atoms with van der Waals surface area (Å²) in [7, 11) is 1.25. The third-order valence-electron chi connectivity index (χ3n) is 6.52. The summed E-state index contributed by atoms with van der Waals surface area (Å²) in [6.07, 6.45) is 2.26. The SMILES string of the molecule is C=CCOc1cccc([C@@H]2C(=C(O)c3ccc4c(c3)C[C@H](C)O4)C(=O)C(=O)N2c2nc(C)c(C(=O)OC)s2)c1. The Balaban J connectivity index is 1.68. The summed E-state index contributed by atoms with van der Waals surface area (Å²) in [5, 5.41) is 11.6. The molecule has 5 rings (SSSR count). The van der Waals surface area contributed by atoms with Crippen LogP contribution in [-0.4, -0.2) is 47.6 Å². The normalized spacial score (nSPS) is 19.5. The number of methoxy groups -OCH3 is 1. The molecule has 1 aromatic heterocycles. The first-order valence-electron chi connectivity index (χ1n) is 12.2. The van der Waals surface area contributed by atoms with Crippen LogP contribution in [-0.2, 0) is 20.7 Å². The predicted octanol–water partition coefficient (Wildman–Crippen LogP) is 4.75. The Kier molecular flexibility index (Phi) is 6.96. The fraction of sp³-hybridized carbons (Fsp3) is 0.241. The summed E-state index contributed by atoms with van der Waals surface area (Å²) in [4.78, 5) is 45.1. The number of aryl methyl sites for hydroxylation is 1. The first-order chi connectivity index (χ1) is 18.7. The molecular formula is C29H26N2O7S. The van der Waals surface area contributed by atoms with Gasteiger partial charge >= 0.3 is 11.9 Å². The molecule has 1 saturated heterocycles. The van der Waals surface area contributed by atoms with Crippen LogP contribution in [0.3, 0.4) is 0 Å². The van der Waals surface area contributed by atoms with Crippen LogP contribution >= 0.6 is 11.3 Å². The standard InChI is InChI=1S/C29H26N2O7S/c1-5-11-37-20-8-6-7-17(14-20)23-22(24(32)18-9-10-21-19(13-18)12-15(2)38-21)25(33)27(34)31(23)29-30-16(3)26(39-29)28(35)36-4/h5-10,13-15,23,32H,1,11-12H2,2-4H3/t15-,23+/m0/s1. The fourth-order valence-electron chi connectivity index (χ4n) is 4.77. The van der Waals surface area contributed by atoms with Crippen molar-refractivity contribution in [2.24, 2.45) is 0 Å². The molecular weight excluding hydrogens is 520 g/mol. The average molecular weight is 547 g/mol. The van der Waals surface area contributed by atoms with Crippen molar-refractivity contribution in [1.29, 1.82) is 0 Å². The molecule has 0 radical (unpaired) electrons. The van der Waals surface area contributed by atoms with E-state index in [1.165, 1.54) is 12.0 Å². The number of fused-ring (bicyclic) bond motifs is 1. The molecule has 0 bridgehead atoms. The average Bonchev–Trinajstić information content (AvgIpc) is 3.58. The number of hydrogen-bond acceptors (Lipinski definition) is 9. The molecule has 2 aliphatic rings. The number of amides is 1. The number of ketones is 1. The third-order valence-corrected chi connectivity index (χ3v) is 7.65. The number of hydrogen-bond donors (Lipinski definition) is 1. The van der Waals surface area contributed by atoms with Gasteiger partial charge in [0.1, 0.15) is 34.8 Å². The molecule has 39 heavy (non-hydrogen) atoms. The van der Waals surface area contributed by atoms with Gasteiger partial charge in [-0.15, -0.1) is 0 Å². The molecule has 200 valence electrons. The number of carbonyl (C=O) groups excluding carboxylic acids is 3. The van der Waals surface area contributed by atoms with E-state index >= 15 is 0 Å². The third kappa shape index (κ3) is 4.67. The largest absolute Gasteiger partial charge is 0.507 e. The first-order valence-corrected chi connectivity index (χ1v) is 13.1. The van der Waals surface area contributed by atoms with Crippen molar-refractivity contribution in [2.45, 2.75) is 32.4 Å². The topological polar surface area (TPSA) is 115 Å². The molecule has 1 fully saturated rings. The number of rotatable bonds is 7. The zero-order chi connectivity index (χ0) is 27.8. The zero-order valence-electron chi connectivity index (χ0n) is 21.6. The first kappa shape index (κ1) is 26.2. The Morgan fingerprint density at radius 1 is 1.28 bits per heavy atom. The van der Waals surface area contributed by atoms with E-state index in [9.17, 15) is 19.5 Å². The second kappa shape index (κ2) is 10.4. The van der Waals surface area contributed by atoms with Crippen LogP contribution in [0.1, 0.15) is 45.0 Å². The monoisotopic (exact) mass is 546 g/mol. The number of esters is 1. The summed E-state index contributed by atoms with van der Waals surface area (Å²) < 4.78 is 16.3. The van der Waals surface area contributed by atoms with Gasteiger partial charge in [0.2, 0.25) is 0 Å². The molecule has 0 aliphatic carbocycles. The number of Topliss-reactive ketones (excluding diaryl/α,β-unsaturated/α-hetero) is 1. The number of anilines is 1. The molecule has 1 N–H and O–H groups in total. The molecule has 0 saturated carbocycles. The predicted molar refractivity (Wildman–Crippen MR) is 145 cm³/mol. The van der Waals surface area contributed by atoms with Crippen LogP contribution in [0, 0.1) is 6.92 Å². The minimum atomic E-state index is -1.03. The lowest BCUT2D eigenvalue weighted by molar-refractivity contribution is -0.132. The Hall–Kier alpha value is -4.44. The molecule has 3 heterocycles. The summed E-state index contributed by atoms with van der Waals surface area (Å²) in [6.45, 7) is 7.49. The van der Waals surface area contributed by atoms with Crippen molar-refractivity contribution < 1.29 is 33.7 Å². The zero-order valence-corrected chi connectivity index (χ0v) is 22.4. The molecule has 0 spiro atoms. The number of benzene rings is 2. The van der Waals surface area contributed by atoms with Crippen molar-refractivity contribution in [3.8, 4) is 11.5 Å². The minimum absolute atomic E-state index is 0.00145. The summed E-state index contributed by atoms with van der Waals surface area (Å²) in [6, 6.07) is 11.0. The van der Waals surface area contributed by atoms with Gasteiger partial charge in [0, 0.05) is 12.0 Å². The van der Waals surface area contributed by atoms with Crippen molar-refractivity contribution in [3.63, 3.8) is 0 Å². The molecule has 1 amide bonds. The van der Waals surface area contributed by atoms with E-state index in [2.05, 4.69) is 11.6 Å². The number of aliphatic hydroxyl groups excluding tert-OH is 1. The lowest BCUT2D eigenvalue weighted by Crippen LogP contribution is -2.29. The number of ether oxygens (including phenoxy) is 3. The Morgan fingerprint density at radius 2 is 2.08 bits per heavy atom. The van der Waals surface area contributed by atoms with Gasteiger partial charge in [-0.3, -0.25) is 14.5 Å². The van der Waals surface area contributed by atoms with E-state index in [1.807, 2.05) is 6.92 Å². The van der Waals surface area contributed by atoms with Crippen LogP contribution in [0.15, 0.2) is 60.7 Å². The lowest BCUT2D eigenvalue weighted by Gasteiger charge is -2.23. The van der Waals surface area contributed by atoms with Gasteiger partial charge in [0.05, 0.1) is 24.4 Å². The lowest BCUT2D eigenvalue weighted by atomic mass is 9.94. The molecule has 10 heteroatoms. The van der Waals surface area contributed by atoms with Crippen LogP contribution in [0.25, 0.3) is 5.76 Å². The Labute approximate surface area is 229 Å². The van der Waals surface area contributed by atoms with Gasteiger partial charge in [-0.2, -0.15) is 0 Å². The molecule has 2 aliphatic heterocycles.